The maximum Gasteiger partial charge on any atom is 0.409 e. The number of likely N-dealkylation sites (tertiary alicyclic amines) is 1. The number of para-hydroxylation sites is 1. The van der Waals surface area contributed by atoms with Gasteiger partial charge in [-0.15, -0.1) is 0 Å². The highest BCUT2D eigenvalue weighted by atomic mass is 16.5. The molecule has 9 heteroatoms. The van der Waals surface area contributed by atoms with Gasteiger partial charge < -0.3 is 29.1 Å². The lowest BCUT2D eigenvalue weighted by atomic mass is 10.1. The Balaban J connectivity index is 1.30. The minimum atomic E-state index is -1.08. The van der Waals surface area contributed by atoms with Crippen molar-refractivity contribution in [2.75, 3.05) is 32.2 Å². The van der Waals surface area contributed by atoms with E-state index in [0.717, 1.165) is 18.4 Å². The van der Waals surface area contributed by atoms with E-state index in [1.807, 2.05) is 12.1 Å². The zero-order valence-electron chi connectivity index (χ0n) is 21.3. The van der Waals surface area contributed by atoms with Gasteiger partial charge in [0.25, 0.3) is 0 Å². The quantitative estimate of drug-likeness (QED) is 0.425. The lowest BCUT2D eigenvalue weighted by Gasteiger charge is -2.23. The molecular formula is C29H30N2O7. The highest BCUT2D eigenvalue weighted by Crippen LogP contribution is 2.26. The van der Waals surface area contributed by atoms with Crippen LogP contribution in [-0.2, 0) is 16.0 Å². The summed E-state index contributed by atoms with van der Waals surface area (Å²) in [5.41, 5.74) is 1.20. The van der Waals surface area contributed by atoms with Crippen LogP contribution in [-0.4, -0.2) is 61.3 Å². The van der Waals surface area contributed by atoms with Crippen LogP contribution in [0.5, 0.6) is 17.2 Å². The Morgan fingerprint density at radius 2 is 1.58 bits per heavy atom. The number of nitrogens with zero attached hydrogens (tertiary/aromatic N) is 2. The summed E-state index contributed by atoms with van der Waals surface area (Å²) in [5.74, 6) is 0.606. The van der Waals surface area contributed by atoms with E-state index in [2.05, 4.69) is 0 Å². The van der Waals surface area contributed by atoms with Gasteiger partial charge in [0.05, 0.1) is 30.8 Å². The lowest BCUT2D eigenvalue weighted by molar-refractivity contribution is -0.117. The number of methoxy groups -OCH3 is 1. The molecule has 0 radical (unpaired) electrons. The number of carboxylic acids is 1. The number of aromatic carboxylic acids is 1. The summed E-state index contributed by atoms with van der Waals surface area (Å²) in [5, 5.41) is 9.38. The van der Waals surface area contributed by atoms with Crippen molar-refractivity contribution in [3.05, 3.63) is 83.9 Å². The Morgan fingerprint density at radius 3 is 2.24 bits per heavy atom. The van der Waals surface area contributed by atoms with E-state index in [0.29, 0.717) is 36.1 Å². The number of amides is 2. The fourth-order valence-electron chi connectivity index (χ4n) is 4.35. The third-order valence-electron chi connectivity index (χ3n) is 6.44. The van der Waals surface area contributed by atoms with Crippen LogP contribution in [0.2, 0.25) is 0 Å². The molecule has 9 nitrogen and oxygen atoms in total. The van der Waals surface area contributed by atoms with Crippen molar-refractivity contribution < 1.29 is 33.7 Å². The minimum absolute atomic E-state index is 0.00419. The molecule has 4 rings (SSSR count). The molecule has 3 aromatic rings. The first-order valence-corrected chi connectivity index (χ1v) is 12.3. The predicted molar refractivity (Wildman–Crippen MR) is 141 cm³/mol. The van der Waals surface area contributed by atoms with Crippen molar-refractivity contribution in [1.82, 2.24) is 4.90 Å². The molecule has 1 saturated heterocycles. The second-order valence-electron chi connectivity index (χ2n) is 8.94. The van der Waals surface area contributed by atoms with Crippen LogP contribution in [0.3, 0.4) is 0 Å². The topological polar surface area (TPSA) is 106 Å². The van der Waals surface area contributed by atoms with Gasteiger partial charge in [0, 0.05) is 13.6 Å². The Bertz CT molecular complexity index is 1270. The van der Waals surface area contributed by atoms with Gasteiger partial charge in [0.2, 0.25) is 5.91 Å². The van der Waals surface area contributed by atoms with Crippen molar-refractivity contribution >= 4 is 23.7 Å². The Morgan fingerprint density at radius 1 is 0.947 bits per heavy atom. The molecule has 2 amide bonds. The van der Waals surface area contributed by atoms with Crippen LogP contribution < -0.4 is 14.4 Å². The van der Waals surface area contributed by atoms with Crippen molar-refractivity contribution in [1.29, 1.82) is 0 Å². The molecule has 0 saturated carbocycles. The molecule has 1 aliphatic heterocycles. The summed E-state index contributed by atoms with van der Waals surface area (Å²) in [7, 11) is 2.95. The molecule has 0 unspecified atom stereocenters. The number of rotatable bonds is 9. The van der Waals surface area contributed by atoms with Crippen molar-refractivity contribution in [3.8, 4) is 17.2 Å². The van der Waals surface area contributed by atoms with E-state index < -0.39 is 5.97 Å². The molecular weight excluding hydrogens is 488 g/mol. The molecule has 0 bridgehead atoms. The molecule has 1 aliphatic rings. The van der Waals surface area contributed by atoms with E-state index in [-0.39, 0.29) is 30.0 Å². The van der Waals surface area contributed by atoms with Gasteiger partial charge in [0.15, 0.2) is 0 Å². The third kappa shape index (κ3) is 6.42. The second-order valence-corrected chi connectivity index (χ2v) is 8.94. The molecule has 3 aromatic carbocycles. The lowest BCUT2D eigenvalue weighted by Crippen LogP contribution is -2.38. The number of benzene rings is 3. The average molecular weight is 519 g/mol. The van der Waals surface area contributed by atoms with Crippen molar-refractivity contribution in [3.63, 3.8) is 0 Å². The number of carbonyl (C=O) groups excluding carboxylic acids is 2. The number of carbonyl (C=O) groups is 3. The van der Waals surface area contributed by atoms with Gasteiger partial charge in [-0.1, -0.05) is 24.3 Å². The number of anilines is 1. The molecule has 198 valence electrons. The number of carboxylic acid groups (broad SMARTS) is 1. The van der Waals surface area contributed by atoms with Crippen molar-refractivity contribution in [2.24, 2.45) is 0 Å². The molecule has 0 spiro atoms. The first-order valence-electron chi connectivity index (χ1n) is 12.3. The van der Waals surface area contributed by atoms with Gasteiger partial charge in [-0.05, 0) is 66.9 Å². The zero-order chi connectivity index (χ0) is 27.1. The first-order chi connectivity index (χ1) is 18.4. The molecule has 1 atom stereocenters. The molecule has 0 aromatic heterocycles. The monoisotopic (exact) mass is 518 g/mol. The van der Waals surface area contributed by atoms with Crippen LogP contribution in [0.15, 0.2) is 72.8 Å². The van der Waals surface area contributed by atoms with E-state index >= 15 is 0 Å². The Labute approximate surface area is 221 Å². The summed E-state index contributed by atoms with van der Waals surface area (Å²) in [6.07, 6.45) is 1.60. The first kappa shape index (κ1) is 26.5. The third-order valence-corrected chi connectivity index (χ3v) is 6.44. The summed E-state index contributed by atoms with van der Waals surface area (Å²) < 4.78 is 16.6. The number of ether oxygens (including phenoxy) is 3. The van der Waals surface area contributed by atoms with Crippen LogP contribution in [0.25, 0.3) is 0 Å². The van der Waals surface area contributed by atoms with Gasteiger partial charge in [-0.3, -0.25) is 4.79 Å². The zero-order valence-corrected chi connectivity index (χ0v) is 21.3. The van der Waals surface area contributed by atoms with Crippen LogP contribution in [0.1, 0.15) is 28.8 Å². The largest absolute Gasteiger partial charge is 0.491 e. The highest BCUT2D eigenvalue weighted by molar-refractivity contribution is 6.02. The number of hydrogen-bond donors (Lipinski definition) is 1. The molecule has 38 heavy (non-hydrogen) atoms. The van der Waals surface area contributed by atoms with E-state index in [1.165, 1.54) is 18.1 Å². The summed E-state index contributed by atoms with van der Waals surface area (Å²) in [6.45, 7) is 1.07. The average Bonchev–Trinajstić information content (AvgIpc) is 3.41. The predicted octanol–water partition coefficient (Wildman–Crippen LogP) is 4.99. The maximum absolute atomic E-state index is 12.8. The van der Waals surface area contributed by atoms with Gasteiger partial charge in [0.1, 0.15) is 23.9 Å². The normalized spacial score (nSPS) is 14.6. The molecule has 1 fully saturated rings. The highest BCUT2D eigenvalue weighted by Gasteiger charge is 2.29. The smallest absolute Gasteiger partial charge is 0.409 e. The molecule has 1 heterocycles. The standard InChI is InChI=1S/C29H30N2O7/c1-30(26-8-4-3-7-25(26)28(33)34)27(32)18-20-9-11-23(12-10-20)38-24-15-13-22(14-16-24)37-19-21-6-5-17-31(21)29(35)36-2/h3-4,7-16,21H,5-6,17-19H2,1-2H3,(H,33,34)/t21-/m1/s1. The van der Waals surface area contributed by atoms with Crippen molar-refractivity contribution in [2.45, 2.75) is 25.3 Å². The van der Waals surface area contributed by atoms with Gasteiger partial charge in [-0.25, -0.2) is 9.59 Å². The van der Waals surface area contributed by atoms with Gasteiger partial charge in [-0.2, -0.15) is 0 Å². The van der Waals surface area contributed by atoms with Gasteiger partial charge >= 0.3 is 12.1 Å². The molecule has 0 aliphatic carbocycles. The maximum atomic E-state index is 12.8. The van der Waals surface area contributed by atoms with Crippen LogP contribution in [0, 0.1) is 0 Å². The van der Waals surface area contributed by atoms with Crippen LogP contribution >= 0.6 is 0 Å². The van der Waals surface area contributed by atoms with E-state index in [1.54, 1.807) is 66.5 Å². The Kier molecular flexibility index (Phi) is 8.47. The van der Waals surface area contributed by atoms with E-state index in [9.17, 15) is 19.5 Å². The fourth-order valence-corrected chi connectivity index (χ4v) is 4.35. The second kappa shape index (κ2) is 12.1. The molecule has 1 N–H and O–H groups in total. The summed E-state index contributed by atoms with van der Waals surface area (Å²) in [4.78, 5) is 39.1. The summed E-state index contributed by atoms with van der Waals surface area (Å²) in [6, 6.07) is 20.8. The Hall–Kier alpha value is -4.53. The SMILES string of the molecule is COC(=O)N1CCC[C@@H]1COc1ccc(Oc2ccc(CC(=O)N(C)c3ccccc3C(=O)O)cc2)cc1. The fraction of sp³-hybridized carbons (Fsp3) is 0.276. The minimum Gasteiger partial charge on any atom is -0.491 e. The van der Waals surface area contributed by atoms with Crippen LogP contribution in [0.4, 0.5) is 10.5 Å². The number of hydrogen-bond acceptors (Lipinski definition) is 6. The number of likely N-dealkylation sites (N-methyl/N-ethyl adjacent to an activating group) is 1. The summed E-state index contributed by atoms with van der Waals surface area (Å²) >= 11 is 0. The van der Waals surface area contributed by atoms with E-state index in [4.69, 9.17) is 14.2 Å².